The second kappa shape index (κ2) is 5.94. The summed E-state index contributed by atoms with van der Waals surface area (Å²) in [5, 5.41) is 9.25. The van der Waals surface area contributed by atoms with Crippen molar-refractivity contribution in [3.8, 4) is 0 Å². The van der Waals surface area contributed by atoms with E-state index in [1.807, 2.05) is 19.9 Å². The first-order valence-electron chi connectivity index (χ1n) is 7.77. The Labute approximate surface area is 141 Å². The molecule has 0 radical (unpaired) electrons. The number of nitrogens with one attached hydrogen (secondary N) is 1. The van der Waals surface area contributed by atoms with Crippen LogP contribution in [0.3, 0.4) is 0 Å². The maximum absolute atomic E-state index is 12.8. The smallest absolute Gasteiger partial charge is 0.335 e. The van der Waals surface area contributed by atoms with Crippen LogP contribution in [0.2, 0.25) is 0 Å². The average Bonchev–Trinajstić information content (AvgIpc) is 2.97. The number of carbonyl (C=O) groups is 1. The van der Waals surface area contributed by atoms with Gasteiger partial charge in [0.2, 0.25) is 0 Å². The van der Waals surface area contributed by atoms with Crippen LogP contribution >= 0.6 is 0 Å². The number of benzene rings is 2. The van der Waals surface area contributed by atoms with Gasteiger partial charge in [0.25, 0.3) is 10.0 Å². The third-order valence-corrected chi connectivity index (χ3v) is 5.92. The van der Waals surface area contributed by atoms with Gasteiger partial charge in [-0.05, 0) is 79.6 Å². The summed E-state index contributed by atoms with van der Waals surface area (Å²) in [5.74, 6) is -1.12. The average molecular weight is 345 g/mol. The SMILES string of the molecule is Cc1ccc(NS(=O)(=O)c2cc(C(=O)O)cc3c2CCC3)cc1C. The Hall–Kier alpha value is -2.34. The minimum Gasteiger partial charge on any atom is -0.478 e. The molecule has 0 unspecified atom stereocenters. The summed E-state index contributed by atoms with van der Waals surface area (Å²) in [7, 11) is -3.84. The standard InChI is InChI=1S/C18H19NO4S/c1-11-6-7-15(8-12(11)2)19-24(22,23)17-10-14(18(20)21)9-13-4-3-5-16(13)17/h6-10,19H,3-5H2,1-2H3,(H,20,21). The highest BCUT2D eigenvalue weighted by Crippen LogP contribution is 2.31. The van der Waals surface area contributed by atoms with E-state index in [1.54, 1.807) is 18.2 Å². The number of hydrogen-bond donors (Lipinski definition) is 2. The lowest BCUT2D eigenvalue weighted by molar-refractivity contribution is 0.0696. The highest BCUT2D eigenvalue weighted by Gasteiger charge is 2.26. The summed E-state index contributed by atoms with van der Waals surface area (Å²) < 4.78 is 28.2. The molecule has 2 aromatic rings. The van der Waals surface area contributed by atoms with Crippen molar-refractivity contribution < 1.29 is 18.3 Å². The Morgan fingerprint density at radius 2 is 1.83 bits per heavy atom. The fourth-order valence-electron chi connectivity index (χ4n) is 3.04. The van der Waals surface area contributed by atoms with Gasteiger partial charge < -0.3 is 5.11 Å². The molecule has 1 aliphatic carbocycles. The molecule has 126 valence electrons. The third kappa shape index (κ3) is 3.01. The van der Waals surface area contributed by atoms with Crippen LogP contribution in [0.1, 0.15) is 39.0 Å². The Bertz CT molecular complexity index is 932. The molecule has 0 saturated carbocycles. The van der Waals surface area contributed by atoms with Gasteiger partial charge in [-0.15, -0.1) is 0 Å². The number of hydrogen-bond acceptors (Lipinski definition) is 3. The molecular formula is C18H19NO4S. The molecule has 6 heteroatoms. The Morgan fingerprint density at radius 1 is 1.08 bits per heavy atom. The molecular weight excluding hydrogens is 326 g/mol. The minimum atomic E-state index is -3.84. The van der Waals surface area contributed by atoms with Gasteiger partial charge in [-0.1, -0.05) is 6.07 Å². The first-order chi connectivity index (χ1) is 11.3. The monoisotopic (exact) mass is 345 g/mol. The Balaban J connectivity index is 2.06. The van der Waals surface area contributed by atoms with Crippen molar-refractivity contribution in [2.24, 2.45) is 0 Å². The largest absolute Gasteiger partial charge is 0.478 e. The van der Waals surface area contributed by atoms with Crippen molar-refractivity contribution in [1.29, 1.82) is 0 Å². The van der Waals surface area contributed by atoms with E-state index in [9.17, 15) is 18.3 Å². The van der Waals surface area contributed by atoms with Crippen LogP contribution in [0, 0.1) is 13.8 Å². The van der Waals surface area contributed by atoms with Crippen LogP contribution in [-0.4, -0.2) is 19.5 Å². The van der Waals surface area contributed by atoms with E-state index in [-0.39, 0.29) is 10.5 Å². The molecule has 0 atom stereocenters. The van der Waals surface area contributed by atoms with E-state index in [4.69, 9.17) is 0 Å². The minimum absolute atomic E-state index is 0.0103. The van der Waals surface area contributed by atoms with Crippen LogP contribution in [0.5, 0.6) is 0 Å². The fraction of sp³-hybridized carbons (Fsp3) is 0.278. The summed E-state index contributed by atoms with van der Waals surface area (Å²) in [5.41, 5.74) is 4.10. The molecule has 1 aliphatic rings. The molecule has 0 bridgehead atoms. The predicted molar refractivity (Wildman–Crippen MR) is 92.2 cm³/mol. The molecule has 0 amide bonds. The molecule has 2 aromatic carbocycles. The number of rotatable bonds is 4. The topological polar surface area (TPSA) is 83.5 Å². The molecule has 0 saturated heterocycles. The fourth-order valence-corrected chi connectivity index (χ4v) is 4.43. The van der Waals surface area contributed by atoms with E-state index in [1.165, 1.54) is 6.07 Å². The van der Waals surface area contributed by atoms with Crippen LogP contribution in [0.25, 0.3) is 0 Å². The highest BCUT2D eigenvalue weighted by atomic mass is 32.2. The third-order valence-electron chi connectivity index (χ3n) is 4.47. The number of aryl methyl sites for hydroxylation is 3. The molecule has 0 heterocycles. The van der Waals surface area contributed by atoms with Crippen LogP contribution < -0.4 is 4.72 Å². The van der Waals surface area contributed by atoms with Crippen molar-refractivity contribution in [3.63, 3.8) is 0 Å². The molecule has 2 N–H and O–H groups in total. The summed E-state index contributed by atoms with van der Waals surface area (Å²) in [4.78, 5) is 11.4. The first kappa shape index (κ1) is 16.5. The van der Waals surface area contributed by atoms with Crippen molar-refractivity contribution in [1.82, 2.24) is 0 Å². The van der Waals surface area contributed by atoms with E-state index in [0.29, 0.717) is 18.5 Å². The van der Waals surface area contributed by atoms with E-state index in [0.717, 1.165) is 28.7 Å². The first-order valence-corrected chi connectivity index (χ1v) is 9.25. The Morgan fingerprint density at radius 3 is 2.50 bits per heavy atom. The number of carboxylic acid groups (broad SMARTS) is 1. The van der Waals surface area contributed by atoms with Gasteiger partial charge in [-0.2, -0.15) is 0 Å². The zero-order chi connectivity index (χ0) is 17.5. The number of aromatic carboxylic acids is 1. The second-order valence-electron chi connectivity index (χ2n) is 6.18. The number of anilines is 1. The van der Waals surface area contributed by atoms with Gasteiger partial charge >= 0.3 is 5.97 Å². The lowest BCUT2D eigenvalue weighted by Crippen LogP contribution is -2.16. The van der Waals surface area contributed by atoms with Gasteiger partial charge in [-0.3, -0.25) is 4.72 Å². The number of sulfonamides is 1. The molecule has 3 rings (SSSR count). The van der Waals surface area contributed by atoms with E-state index < -0.39 is 16.0 Å². The highest BCUT2D eigenvalue weighted by molar-refractivity contribution is 7.92. The zero-order valence-electron chi connectivity index (χ0n) is 13.6. The normalized spacial score (nSPS) is 13.6. The zero-order valence-corrected chi connectivity index (χ0v) is 14.4. The molecule has 0 aliphatic heterocycles. The van der Waals surface area contributed by atoms with Gasteiger partial charge in [-0.25, -0.2) is 13.2 Å². The van der Waals surface area contributed by atoms with Gasteiger partial charge in [0.1, 0.15) is 0 Å². The quantitative estimate of drug-likeness (QED) is 0.890. The summed E-state index contributed by atoms with van der Waals surface area (Å²) in [6.45, 7) is 3.87. The van der Waals surface area contributed by atoms with Crippen LogP contribution in [0.4, 0.5) is 5.69 Å². The number of carboxylic acids is 1. The summed E-state index contributed by atoms with van der Waals surface area (Å²) in [6, 6.07) is 8.18. The van der Waals surface area contributed by atoms with Gasteiger partial charge in [0.05, 0.1) is 10.5 Å². The molecule has 5 nitrogen and oxygen atoms in total. The molecule has 0 spiro atoms. The maximum atomic E-state index is 12.8. The lowest BCUT2D eigenvalue weighted by Gasteiger charge is -2.14. The van der Waals surface area contributed by atoms with E-state index >= 15 is 0 Å². The van der Waals surface area contributed by atoms with Crippen molar-refractivity contribution in [2.45, 2.75) is 38.0 Å². The summed E-state index contributed by atoms with van der Waals surface area (Å²) >= 11 is 0. The maximum Gasteiger partial charge on any atom is 0.335 e. The van der Waals surface area contributed by atoms with E-state index in [2.05, 4.69) is 4.72 Å². The predicted octanol–water partition coefficient (Wildman–Crippen LogP) is 3.29. The van der Waals surface area contributed by atoms with Crippen molar-refractivity contribution >= 4 is 21.7 Å². The molecule has 24 heavy (non-hydrogen) atoms. The second-order valence-corrected chi connectivity index (χ2v) is 7.83. The summed E-state index contributed by atoms with van der Waals surface area (Å²) in [6.07, 6.45) is 2.20. The van der Waals surface area contributed by atoms with Crippen LogP contribution in [0.15, 0.2) is 35.2 Å². The van der Waals surface area contributed by atoms with Crippen molar-refractivity contribution in [2.75, 3.05) is 4.72 Å². The number of fused-ring (bicyclic) bond motifs is 1. The van der Waals surface area contributed by atoms with Crippen LogP contribution in [-0.2, 0) is 22.9 Å². The lowest BCUT2D eigenvalue weighted by atomic mass is 10.1. The molecule has 0 aromatic heterocycles. The Kier molecular flexibility index (Phi) is 4.09. The molecule has 0 fully saturated rings. The van der Waals surface area contributed by atoms with Gasteiger partial charge in [0.15, 0.2) is 0 Å². The van der Waals surface area contributed by atoms with Gasteiger partial charge in [0, 0.05) is 5.69 Å². The van der Waals surface area contributed by atoms with Crippen molar-refractivity contribution in [3.05, 3.63) is 58.1 Å².